The van der Waals surface area contributed by atoms with Gasteiger partial charge in [0.2, 0.25) is 0 Å². The fourth-order valence-electron chi connectivity index (χ4n) is 4.43. The predicted octanol–water partition coefficient (Wildman–Crippen LogP) is 3.54. The van der Waals surface area contributed by atoms with Gasteiger partial charge in [-0.15, -0.1) is 17.3 Å². The predicted molar refractivity (Wildman–Crippen MR) is 171 cm³/mol. The topological polar surface area (TPSA) is 114 Å². The van der Waals surface area contributed by atoms with Crippen LogP contribution in [0, 0.1) is 12.8 Å². The third-order valence-corrected chi connectivity index (χ3v) is 6.99. The molecule has 1 saturated carbocycles. The standard InChI is InChI=1S/C35H42N4O5.Li/c1-8-43-32(40)27-19-29(26-15-12-16-28(24(26)3)37-23(2)20-36-35(7)17-18-35)38-31(27)30(39-33(41)44-34(4,5)6)22-42-21-25-13-10-9-11-14-25;/h3,9-16,19,30,36,38H,8,17-18,21-22H2,1-2,4-7H3,(H,39,41);/q-2;+1. The van der Waals surface area contributed by atoms with Crippen molar-refractivity contribution in [2.24, 2.45) is 4.99 Å². The van der Waals surface area contributed by atoms with Crippen LogP contribution in [-0.2, 0) is 20.8 Å². The number of aromatic nitrogens is 1. The van der Waals surface area contributed by atoms with Crippen LogP contribution < -0.4 is 29.5 Å². The fraction of sp³-hybridized carbons (Fsp3) is 0.400. The smallest absolute Gasteiger partial charge is 0.561 e. The van der Waals surface area contributed by atoms with Crippen molar-refractivity contribution in [3.05, 3.63) is 101 Å². The summed E-state index contributed by atoms with van der Waals surface area (Å²) < 4.78 is 16.9. The van der Waals surface area contributed by atoms with E-state index in [9.17, 15) is 9.59 Å². The molecule has 2 aromatic rings. The van der Waals surface area contributed by atoms with Crippen LogP contribution in [-0.4, -0.2) is 47.1 Å². The zero-order chi connectivity index (χ0) is 31.9. The van der Waals surface area contributed by atoms with Crippen molar-refractivity contribution in [2.45, 2.75) is 78.2 Å². The minimum absolute atomic E-state index is 0. The Morgan fingerprint density at radius 2 is 1.91 bits per heavy atom. The second-order valence-corrected chi connectivity index (χ2v) is 12.2. The van der Waals surface area contributed by atoms with E-state index in [-0.39, 0.29) is 43.2 Å². The van der Waals surface area contributed by atoms with Crippen LogP contribution in [0.1, 0.15) is 87.7 Å². The van der Waals surface area contributed by atoms with E-state index in [1.807, 2.05) is 55.5 Å². The van der Waals surface area contributed by atoms with Gasteiger partial charge in [-0.3, -0.25) is 0 Å². The number of H-pyrrole nitrogens is 1. The Labute approximate surface area is 278 Å². The maximum absolute atomic E-state index is 13.2. The monoisotopic (exact) mass is 605 g/mol. The summed E-state index contributed by atoms with van der Waals surface area (Å²) in [5.41, 5.74) is 3.85. The SMILES string of the molecule is [CH-]=C1C(c2cc(C(=O)OCC)c(C(COCc3ccccc3)NC(=O)OC(C)(C)C)[nH]2)=CC=CC1=NC(C)=[C-]NC1(C)CC1.[Li+]. The minimum atomic E-state index is -0.773. The number of esters is 1. The van der Waals surface area contributed by atoms with Gasteiger partial charge in [-0.05, 0) is 70.5 Å². The second-order valence-electron chi connectivity index (χ2n) is 12.2. The molecular weight excluding hydrogens is 563 g/mol. The molecule has 1 fully saturated rings. The second kappa shape index (κ2) is 15.5. The fourth-order valence-corrected chi connectivity index (χ4v) is 4.43. The molecule has 45 heavy (non-hydrogen) atoms. The number of rotatable bonds is 12. The Kier molecular flexibility index (Phi) is 12.3. The molecule has 1 unspecified atom stereocenters. The van der Waals surface area contributed by atoms with Crippen LogP contribution in [0.3, 0.4) is 0 Å². The molecule has 9 nitrogen and oxygen atoms in total. The molecule has 1 aromatic carbocycles. The van der Waals surface area contributed by atoms with Crippen molar-refractivity contribution >= 4 is 23.3 Å². The van der Waals surface area contributed by atoms with Crippen molar-refractivity contribution < 1.29 is 42.7 Å². The molecule has 1 heterocycles. The quantitative estimate of drug-likeness (QED) is 0.148. The number of hydrogen-bond acceptors (Lipinski definition) is 7. The van der Waals surface area contributed by atoms with E-state index < -0.39 is 23.7 Å². The van der Waals surface area contributed by atoms with Crippen LogP contribution in [0.4, 0.5) is 4.79 Å². The summed E-state index contributed by atoms with van der Waals surface area (Å²) in [5.74, 6) is -0.545. The van der Waals surface area contributed by atoms with Crippen LogP contribution in [0.5, 0.6) is 0 Å². The zero-order valence-corrected chi connectivity index (χ0v) is 27.4. The third-order valence-electron chi connectivity index (χ3n) is 6.99. The van der Waals surface area contributed by atoms with Gasteiger partial charge in [0.15, 0.2) is 0 Å². The van der Waals surface area contributed by atoms with Gasteiger partial charge in [-0.2, -0.15) is 5.57 Å². The molecule has 2 aliphatic rings. The summed E-state index contributed by atoms with van der Waals surface area (Å²) in [6.45, 7) is 18.2. The first kappa shape index (κ1) is 35.7. The van der Waals surface area contributed by atoms with E-state index in [0.29, 0.717) is 40.5 Å². The number of aliphatic imine (C=N–C) groups is 1. The minimum Gasteiger partial charge on any atom is -0.561 e. The molecule has 234 valence electrons. The van der Waals surface area contributed by atoms with Crippen LogP contribution in [0.15, 0.2) is 70.9 Å². The van der Waals surface area contributed by atoms with Crippen LogP contribution in [0.25, 0.3) is 5.57 Å². The Morgan fingerprint density at radius 3 is 2.56 bits per heavy atom. The number of aromatic amines is 1. The Bertz CT molecular complexity index is 1490. The van der Waals surface area contributed by atoms with Gasteiger partial charge in [0, 0.05) is 5.54 Å². The molecule has 0 aliphatic heterocycles. The van der Waals surface area contributed by atoms with Crippen molar-refractivity contribution in [3.8, 4) is 0 Å². The first-order valence-electron chi connectivity index (χ1n) is 14.9. The van der Waals surface area contributed by atoms with Crippen molar-refractivity contribution in [1.29, 1.82) is 0 Å². The number of alkyl carbamates (subject to hydrolysis) is 1. The molecule has 0 radical (unpaired) electrons. The number of hydrogen-bond donors (Lipinski definition) is 3. The van der Waals surface area contributed by atoms with Crippen molar-refractivity contribution in [1.82, 2.24) is 15.6 Å². The number of carbonyl (C=O) groups excluding carboxylic acids is 2. The molecule has 0 spiro atoms. The molecule has 2 aliphatic carbocycles. The first-order chi connectivity index (χ1) is 20.9. The summed E-state index contributed by atoms with van der Waals surface area (Å²) in [4.78, 5) is 34.1. The summed E-state index contributed by atoms with van der Waals surface area (Å²) in [7, 11) is 0. The van der Waals surface area contributed by atoms with E-state index in [1.54, 1.807) is 33.8 Å². The van der Waals surface area contributed by atoms with E-state index in [0.717, 1.165) is 18.4 Å². The van der Waals surface area contributed by atoms with E-state index in [2.05, 4.69) is 33.7 Å². The van der Waals surface area contributed by atoms with Gasteiger partial charge in [0.05, 0.1) is 37.1 Å². The molecule has 1 amide bonds. The largest absolute Gasteiger partial charge is 1.00 e. The van der Waals surface area contributed by atoms with Gasteiger partial charge < -0.3 is 41.0 Å². The van der Waals surface area contributed by atoms with Gasteiger partial charge >= 0.3 is 30.9 Å². The Balaban J connectivity index is 0.00000552. The Morgan fingerprint density at radius 1 is 1.20 bits per heavy atom. The number of nitrogens with one attached hydrogen (secondary N) is 3. The molecule has 0 bridgehead atoms. The van der Waals surface area contributed by atoms with Gasteiger partial charge in [-0.1, -0.05) is 49.4 Å². The zero-order valence-electron chi connectivity index (χ0n) is 27.4. The van der Waals surface area contributed by atoms with Crippen molar-refractivity contribution in [2.75, 3.05) is 13.2 Å². The normalized spacial score (nSPS) is 17.2. The third kappa shape index (κ3) is 10.4. The van der Waals surface area contributed by atoms with Crippen molar-refractivity contribution in [3.63, 3.8) is 0 Å². The van der Waals surface area contributed by atoms with Crippen LogP contribution >= 0.6 is 0 Å². The molecular formula is C35H42LiN4O5-. The summed E-state index contributed by atoms with van der Waals surface area (Å²) >= 11 is 0. The molecule has 10 heteroatoms. The van der Waals surface area contributed by atoms with E-state index >= 15 is 0 Å². The average Bonchev–Trinajstić information content (AvgIpc) is 3.53. The number of allylic oxidation sites excluding steroid dienone is 6. The van der Waals surface area contributed by atoms with Gasteiger partial charge in [0.1, 0.15) is 5.60 Å². The maximum Gasteiger partial charge on any atom is 1.00 e. The average molecular weight is 606 g/mol. The van der Waals surface area contributed by atoms with E-state index in [1.165, 1.54) is 0 Å². The van der Waals surface area contributed by atoms with Crippen LogP contribution in [0.2, 0.25) is 0 Å². The number of ether oxygens (including phenoxy) is 3. The number of benzene rings is 1. The summed E-state index contributed by atoms with van der Waals surface area (Å²) in [5, 5.41) is 6.16. The Hall–Kier alpha value is -3.77. The molecule has 3 N–H and O–H groups in total. The van der Waals surface area contributed by atoms with E-state index in [4.69, 9.17) is 20.8 Å². The van der Waals surface area contributed by atoms with Gasteiger partial charge in [0.25, 0.3) is 0 Å². The number of carbonyl (C=O) groups is 2. The molecule has 4 rings (SSSR count). The molecule has 0 saturated heterocycles. The first-order valence-corrected chi connectivity index (χ1v) is 14.9. The molecule has 1 aromatic heterocycles. The van der Waals surface area contributed by atoms with Gasteiger partial charge in [-0.25, -0.2) is 16.2 Å². The summed E-state index contributed by atoms with van der Waals surface area (Å²) in [6.07, 6.45) is 10.2. The number of nitrogens with zero attached hydrogens (tertiary/aromatic N) is 1. The summed E-state index contributed by atoms with van der Waals surface area (Å²) in [6, 6.07) is 10.6. The maximum atomic E-state index is 13.2. The number of amides is 1. The molecule has 1 atom stereocenters.